The van der Waals surface area contributed by atoms with E-state index in [9.17, 15) is 31.5 Å². The molecule has 0 amide bonds. The monoisotopic (exact) mass is 589 g/mol. The fourth-order valence-electron chi connectivity index (χ4n) is 3.85. The summed E-state index contributed by atoms with van der Waals surface area (Å²) < 4.78 is 78.1. The number of oxazole rings is 1. The van der Waals surface area contributed by atoms with Crippen LogP contribution in [0.4, 0.5) is 18.9 Å². The molecule has 0 radical (unpaired) electrons. The molecule has 0 aliphatic heterocycles. The quantitative estimate of drug-likeness (QED) is 0.245. The highest BCUT2D eigenvalue weighted by atomic mass is 32.2. The summed E-state index contributed by atoms with van der Waals surface area (Å²) in [5.41, 5.74) is 0.979. The van der Waals surface area contributed by atoms with Gasteiger partial charge >= 0.3 is 22.4 Å². The lowest BCUT2D eigenvalue weighted by Gasteiger charge is -2.27. The molecule has 1 N–H and O–H groups in total. The fraction of sp³-hybridized carbons (Fsp3) is 0.214. The number of alkyl halides is 3. The van der Waals surface area contributed by atoms with Crippen LogP contribution in [-0.2, 0) is 34.3 Å². The first kappa shape index (κ1) is 29.6. The van der Waals surface area contributed by atoms with E-state index < -0.39 is 34.5 Å². The normalized spacial score (nSPS) is 12.0. The number of ether oxygens (including phenoxy) is 1. The van der Waals surface area contributed by atoms with Crippen LogP contribution >= 0.6 is 0 Å². The van der Waals surface area contributed by atoms with Gasteiger partial charge in [-0.25, -0.2) is 4.98 Å². The molecular formula is C28H26F3N3O6S. The average Bonchev–Trinajstić information content (AvgIpc) is 3.32. The van der Waals surface area contributed by atoms with Crippen LogP contribution in [0.25, 0.3) is 11.5 Å². The smallest absolute Gasteiger partial charge is 0.416 e. The summed E-state index contributed by atoms with van der Waals surface area (Å²) in [7, 11) is -2.81. The summed E-state index contributed by atoms with van der Waals surface area (Å²) in [6, 6.07) is 19.2. The third-order valence-corrected chi connectivity index (χ3v) is 7.93. The van der Waals surface area contributed by atoms with E-state index in [2.05, 4.69) is 4.98 Å². The van der Waals surface area contributed by atoms with Crippen LogP contribution in [0.15, 0.2) is 83.3 Å². The van der Waals surface area contributed by atoms with Crippen LogP contribution in [0.3, 0.4) is 0 Å². The third kappa shape index (κ3) is 7.24. The van der Waals surface area contributed by atoms with Crippen LogP contribution < -0.4 is 9.04 Å². The number of hydrogen-bond acceptors (Lipinski definition) is 6. The number of para-hydroxylation sites is 1. The number of carboxylic acid groups (broad SMARTS) is 1. The molecule has 0 atom stereocenters. The van der Waals surface area contributed by atoms with E-state index in [0.29, 0.717) is 34.0 Å². The van der Waals surface area contributed by atoms with Crippen LogP contribution in [-0.4, -0.2) is 42.4 Å². The largest absolute Gasteiger partial charge is 0.487 e. The molecule has 41 heavy (non-hydrogen) atoms. The van der Waals surface area contributed by atoms with Crippen molar-refractivity contribution in [1.82, 2.24) is 9.29 Å². The molecule has 3 aromatic carbocycles. The van der Waals surface area contributed by atoms with Gasteiger partial charge in [-0.15, -0.1) is 0 Å². The van der Waals surface area contributed by atoms with Crippen molar-refractivity contribution in [3.05, 3.63) is 101 Å². The molecule has 0 saturated carbocycles. The highest BCUT2D eigenvalue weighted by Gasteiger charge is 2.31. The minimum atomic E-state index is -4.44. The summed E-state index contributed by atoms with van der Waals surface area (Å²) in [6.45, 7) is 0.748. The standard InChI is InChI=1S/C28H26F3N3O6S/c1-19-25(32-27(40-19)21-10-12-22(13-11-21)28(29,30)31)18-39-24-14-8-20(9-15-24)16-34(17-26(35)36)41(37,38)33(2)23-6-4-3-5-7-23/h3-15H,16-18H2,1-2H3,(H,35,36). The molecule has 0 unspecified atom stereocenters. The van der Waals surface area contributed by atoms with Crippen molar-refractivity contribution in [1.29, 1.82) is 0 Å². The molecule has 9 nitrogen and oxygen atoms in total. The molecule has 216 valence electrons. The zero-order valence-corrected chi connectivity index (χ0v) is 22.8. The number of aliphatic carboxylic acids is 1. The molecule has 1 heterocycles. The Morgan fingerprint density at radius 1 is 1.00 bits per heavy atom. The molecular weight excluding hydrogens is 563 g/mol. The van der Waals surface area contributed by atoms with Crippen molar-refractivity contribution in [3.8, 4) is 17.2 Å². The van der Waals surface area contributed by atoms with Crippen molar-refractivity contribution in [3.63, 3.8) is 0 Å². The second kappa shape index (κ2) is 12.0. The van der Waals surface area contributed by atoms with E-state index in [1.54, 1.807) is 61.5 Å². The van der Waals surface area contributed by atoms with Gasteiger partial charge in [0.1, 0.15) is 30.4 Å². The Hall–Kier alpha value is -4.36. The number of halogens is 3. The predicted molar refractivity (Wildman–Crippen MR) is 144 cm³/mol. The number of carboxylic acids is 1. The Balaban J connectivity index is 1.42. The van der Waals surface area contributed by atoms with Gasteiger partial charge in [-0.1, -0.05) is 30.3 Å². The molecule has 1 aromatic heterocycles. The van der Waals surface area contributed by atoms with Gasteiger partial charge in [0, 0.05) is 19.2 Å². The van der Waals surface area contributed by atoms with Crippen molar-refractivity contribution in [2.75, 3.05) is 17.9 Å². The zero-order valence-electron chi connectivity index (χ0n) is 22.0. The molecule has 13 heteroatoms. The van der Waals surface area contributed by atoms with Crippen molar-refractivity contribution >= 4 is 21.9 Å². The van der Waals surface area contributed by atoms with E-state index >= 15 is 0 Å². The molecule has 0 saturated heterocycles. The summed E-state index contributed by atoms with van der Waals surface area (Å²) in [5.74, 6) is -0.270. The zero-order chi connectivity index (χ0) is 29.8. The summed E-state index contributed by atoms with van der Waals surface area (Å²) in [5, 5.41) is 9.34. The number of benzene rings is 3. The van der Waals surface area contributed by atoms with Crippen LogP contribution in [0.1, 0.15) is 22.6 Å². The lowest BCUT2D eigenvalue weighted by Crippen LogP contribution is -2.44. The maximum Gasteiger partial charge on any atom is 0.416 e. The minimum Gasteiger partial charge on any atom is -0.487 e. The number of aromatic nitrogens is 1. The van der Waals surface area contributed by atoms with Crippen LogP contribution in [0.5, 0.6) is 5.75 Å². The second-order valence-electron chi connectivity index (χ2n) is 9.00. The lowest BCUT2D eigenvalue weighted by atomic mass is 10.1. The number of rotatable bonds is 11. The summed E-state index contributed by atoms with van der Waals surface area (Å²) in [6.07, 6.45) is -4.44. The second-order valence-corrected chi connectivity index (χ2v) is 11.0. The number of hydrogen-bond donors (Lipinski definition) is 1. The van der Waals surface area contributed by atoms with Crippen molar-refractivity contribution in [2.24, 2.45) is 0 Å². The van der Waals surface area contributed by atoms with Gasteiger partial charge in [-0.05, 0) is 61.0 Å². The van der Waals surface area contributed by atoms with Gasteiger partial charge in [0.05, 0.1) is 11.3 Å². The SMILES string of the molecule is Cc1oc(-c2ccc(C(F)(F)F)cc2)nc1COc1ccc(CN(CC(=O)O)S(=O)(=O)N(C)c2ccccc2)cc1. The number of carbonyl (C=O) groups is 1. The van der Waals surface area contributed by atoms with E-state index in [-0.39, 0.29) is 19.0 Å². The number of anilines is 1. The summed E-state index contributed by atoms with van der Waals surface area (Å²) in [4.78, 5) is 15.8. The first-order valence-electron chi connectivity index (χ1n) is 12.2. The van der Waals surface area contributed by atoms with Crippen LogP contribution in [0, 0.1) is 6.92 Å². The topological polar surface area (TPSA) is 113 Å². The Kier molecular flexibility index (Phi) is 8.69. The molecule has 0 spiro atoms. The van der Waals surface area contributed by atoms with Crippen LogP contribution in [0.2, 0.25) is 0 Å². The Morgan fingerprint density at radius 2 is 1.63 bits per heavy atom. The van der Waals surface area contributed by atoms with Gasteiger partial charge in [-0.2, -0.15) is 25.9 Å². The van der Waals surface area contributed by atoms with Gasteiger partial charge < -0.3 is 14.3 Å². The lowest BCUT2D eigenvalue weighted by molar-refractivity contribution is -0.138. The first-order chi connectivity index (χ1) is 19.3. The molecule has 0 fully saturated rings. The highest BCUT2D eigenvalue weighted by molar-refractivity contribution is 7.90. The van der Waals surface area contributed by atoms with Gasteiger partial charge in [0.2, 0.25) is 5.89 Å². The van der Waals surface area contributed by atoms with Gasteiger partial charge in [0.25, 0.3) is 0 Å². The molecule has 0 aliphatic rings. The molecule has 0 bridgehead atoms. The molecule has 4 rings (SSSR count). The number of nitrogens with zero attached hydrogens (tertiary/aromatic N) is 3. The fourth-order valence-corrected chi connectivity index (χ4v) is 5.17. The highest BCUT2D eigenvalue weighted by Crippen LogP contribution is 2.31. The maximum absolute atomic E-state index is 13.2. The number of aryl methyl sites for hydroxylation is 1. The van der Waals surface area contributed by atoms with E-state index in [4.69, 9.17) is 9.15 Å². The van der Waals surface area contributed by atoms with E-state index in [0.717, 1.165) is 20.7 Å². The maximum atomic E-state index is 13.2. The van der Waals surface area contributed by atoms with E-state index in [1.807, 2.05) is 0 Å². The molecule has 0 aliphatic carbocycles. The average molecular weight is 590 g/mol. The minimum absolute atomic E-state index is 0.0106. The Bertz CT molecular complexity index is 1590. The predicted octanol–water partition coefficient (Wildman–Crippen LogP) is 5.52. The van der Waals surface area contributed by atoms with Crippen molar-refractivity contribution in [2.45, 2.75) is 26.3 Å². The summed E-state index contributed by atoms with van der Waals surface area (Å²) >= 11 is 0. The first-order valence-corrected chi connectivity index (χ1v) is 13.6. The Labute approximate surface area is 234 Å². The third-order valence-electron chi connectivity index (χ3n) is 6.11. The van der Waals surface area contributed by atoms with E-state index in [1.165, 1.54) is 19.2 Å². The van der Waals surface area contributed by atoms with Gasteiger partial charge in [0.15, 0.2) is 0 Å². The van der Waals surface area contributed by atoms with Gasteiger partial charge in [-0.3, -0.25) is 9.10 Å². The Morgan fingerprint density at radius 3 is 2.22 bits per heavy atom. The molecule has 4 aromatic rings. The van der Waals surface area contributed by atoms with Crippen molar-refractivity contribution < 1.29 is 40.6 Å².